The van der Waals surface area contributed by atoms with Crippen molar-refractivity contribution in [3.63, 3.8) is 0 Å². The van der Waals surface area contributed by atoms with Crippen LogP contribution in [-0.4, -0.2) is 44.8 Å². The highest BCUT2D eigenvalue weighted by Gasteiger charge is 2.25. The quantitative estimate of drug-likeness (QED) is 0.777. The van der Waals surface area contributed by atoms with Crippen LogP contribution in [0.4, 0.5) is 5.82 Å². The minimum Gasteiger partial charge on any atom is -0.353 e. The Morgan fingerprint density at radius 3 is 3.22 bits per heavy atom. The summed E-state index contributed by atoms with van der Waals surface area (Å²) in [5, 5.41) is 19.4. The fourth-order valence-electron chi connectivity index (χ4n) is 2.83. The van der Waals surface area contributed by atoms with Gasteiger partial charge in [-0.05, 0) is 40.9 Å². The van der Waals surface area contributed by atoms with Crippen LogP contribution in [0.5, 0.6) is 0 Å². The molecule has 1 saturated heterocycles. The third-order valence-electron chi connectivity index (χ3n) is 3.97. The van der Waals surface area contributed by atoms with Gasteiger partial charge in [-0.25, -0.2) is 0 Å². The van der Waals surface area contributed by atoms with E-state index in [-0.39, 0.29) is 11.9 Å². The van der Waals surface area contributed by atoms with Crippen LogP contribution in [0.1, 0.15) is 12.0 Å². The number of carbonyl (C=O) groups is 1. The number of thiophene rings is 1. The van der Waals surface area contributed by atoms with Gasteiger partial charge in [0, 0.05) is 19.1 Å². The summed E-state index contributed by atoms with van der Waals surface area (Å²) in [7, 11) is 0. The first-order valence-electron chi connectivity index (χ1n) is 7.50. The molecule has 0 saturated carbocycles. The lowest BCUT2D eigenvalue weighted by Crippen LogP contribution is -2.38. The van der Waals surface area contributed by atoms with E-state index in [0.717, 1.165) is 36.5 Å². The van der Waals surface area contributed by atoms with Crippen LogP contribution in [0.3, 0.4) is 0 Å². The Bertz CT molecular complexity index is 814. The topological polar surface area (TPSA) is 75.4 Å². The van der Waals surface area contributed by atoms with Crippen LogP contribution >= 0.6 is 11.3 Å². The Hall–Kier alpha value is -2.48. The number of rotatable bonds is 4. The Morgan fingerprint density at radius 1 is 1.39 bits per heavy atom. The molecule has 0 aromatic carbocycles. The fourth-order valence-corrected chi connectivity index (χ4v) is 3.50. The fraction of sp³-hybridized carbons (Fsp3) is 0.333. The van der Waals surface area contributed by atoms with Crippen molar-refractivity contribution in [2.45, 2.75) is 18.9 Å². The molecule has 0 spiro atoms. The zero-order chi connectivity index (χ0) is 15.6. The van der Waals surface area contributed by atoms with E-state index < -0.39 is 0 Å². The lowest BCUT2D eigenvalue weighted by atomic mass is 10.2. The normalized spacial score (nSPS) is 17.7. The standard InChI is InChI=1S/C15H16N6OS/c22-15(7-11-4-6-23-9-11)17-12-3-5-20(8-12)14-2-1-13-18-16-10-21(13)19-14/h1-2,4,6,9-10,12H,3,5,7-8H2,(H,17,22). The van der Waals surface area contributed by atoms with E-state index in [0.29, 0.717) is 6.42 Å². The predicted octanol–water partition coefficient (Wildman–Crippen LogP) is 1.12. The summed E-state index contributed by atoms with van der Waals surface area (Å²) in [6, 6.07) is 6.00. The minimum absolute atomic E-state index is 0.0810. The van der Waals surface area contributed by atoms with Crippen LogP contribution in [0.2, 0.25) is 0 Å². The molecule has 0 aliphatic carbocycles. The molecule has 1 aliphatic heterocycles. The molecule has 1 unspecified atom stereocenters. The summed E-state index contributed by atoms with van der Waals surface area (Å²) in [4.78, 5) is 14.3. The first-order valence-corrected chi connectivity index (χ1v) is 8.45. The molecule has 1 fully saturated rings. The maximum Gasteiger partial charge on any atom is 0.224 e. The van der Waals surface area contributed by atoms with Crippen LogP contribution in [0, 0.1) is 0 Å². The first kappa shape index (κ1) is 14.1. The third kappa shape index (κ3) is 3.02. The second kappa shape index (κ2) is 5.96. The lowest BCUT2D eigenvalue weighted by molar-refractivity contribution is -0.121. The molecular weight excluding hydrogens is 312 g/mol. The van der Waals surface area contributed by atoms with Crippen molar-refractivity contribution < 1.29 is 4.79 Å². The lowest BCUT2D eigenvalue weighted by Gasteiger charge is -2.17. The van der Waals surface area contributed by atoms with Crippen molar-refractivity contribution in [3.05, 3.63) is 40.8 Å². The van der Waals surface area contributed by atoms with E-state index in [1.54, 1.807) is 22.2 Å². The van der Waals surface area contributed by atoms with Gasteiger partial charge in [0.05, 0.1) is 6.42 Å². The highest BCUT2D eigenvalue weighted by Crippen LogP contribution is 2.18. The van der Waals surface area contributed by atoms with Gasteiger partial charge in [0.1, 0.15) is 12.1 Å². The Kier molecular flexibility index (Phi) is 3.66. The number of aromatic nitrogens is 4. The molecule has 23 heavy (non-hydrogen) atoms. The molecule has 0 radical (unpaired) electrons. The molecule has 4 heterocycles. The number of nitrogens with one attached hydrogen (secondary N) is 1. The number of fused-ring (bicyclic) bond motifs is 1. The van der Waals surface area contributed by atoms with E-state index in [4.69, 9.17) is 0 Å². The van der Waals surface area contributed by atoms with E-state index in [2.05, 4.69) is 25.5 Å². The van der Waals surface area contributed by atoms with Gasteiger partial charge in [-0.1, -0.05) is 0 Å². The highest BCUT2D eigenvalue weighted by atomic mass is 32.1. The van der Waals surface area contributed by atoms with Crippen molar-refractivity contribution in [1.82, 2.24) is 25.1 Å². The molecule has 1 N–H and O–H groups in total. The van der Waals surface area contributed by atoms with Crippen LogP contribution in [0.15, 0.2) is 35.3 Å². The van der Waals surface area contributed by atoms with Gasteiger partial charge >= 0.3 is 0 Å². The third-order valence-corrected chi connectivity index (χ3v) is 4.70. The molecule has 4 rings (SSSR count). The molecule has 1 atom stereocenters. The summed E-state index contributed by atoms with van der Waals surface area (Å²) in [6.45, 7) is 1.65. The Labute approximate surface area is 136 Å². The number of hydrogen-bond acceptors (Lipinski definition) is 6. The average molecular weight is 328 g/mol. The molecule has 1 aliphatic rings. The number of amides is 1. The number of hydrogen-bond donors (Lipinski definition) is 1. The highest BCUT2D eigenvalue weighted by molar-refractivity contribution is 7.07. The molecule has 3 aromatic rings. The van der Waals surface area contributed by atoms with Gasteiger partial charge in [0.15, 0.2) is 5.65 Å². The predicted molar refractivity (Wildman–Crippen MR) is 87.6 cm³/mol. The van der Waals surface area contributed by atoms with Crippen LogP contribution in [0.25, 0.3) is 5.65 Å². The van der Waals surface area contributed by atoms with Gasteiger partial charge in [-0.15, -0.1) is 15.3 Å². The van der Waals surface area contributed by atoms with Crippen molar-refractivity contribution in [2.75, 3.05) is 18.0 Å². The maximum absolute atomic E-state index is 12.1. The first-order chi connectivity index (χ1) is 11.3. The molecule has 0 bridgehead atoms. The molecule has 3 aromatic heterocycles. The van der Waals surface area contributed by atoms with Gasteiger partial charge in [-0.3, -0.25) is 4.79 Å². The van der Waals surface area contributed by atoms with Gasteiger partial charge in [-0.2, -0.15) is 15.9 Å². The summed E-state index contributed by atoms with van der Waals surface area (Å²) in [5.74, 6) is 0.962. The summed E-state index contributed by atoms with van der Waals surface area (Å²) < 4.78 is 1.66. The van der Waals surface area contributed by atoms with Gasteiger partial charge < -0.3 is 10.2 Å². The minimum atomic E-state index is 0.0810. The number of carbonyl (C=O) groups excluding carboxylic acids is 1. The smallest absolute Gasteiger partial charge is 0.224 e. The SMILES string of the molecule is O=C(Cc1ccsc1)NC1CCN(c2ccc3nncn3n2)C1. The molecule has 8 heteroatoms. The summed E-state index contributed by atoms with van der Waals surface area (Å²) in [6.07, 6.45) is 2.97. The number of nitrogens with zero attached hydrogens (tertiary/aromatic N) is 5. The Morgan fingerprint density at radius 2 is 2.35 bits per heavy atom. The second-order valence-electron chi connectivity index (χ2n) is 5.63. The van der Waals surface area contributed by atoms with Crippen LogP contribution < -0.4 is 10.2 Å². The monoisotopic (exact) mass is 328 g/mol. The van der Waals surface area contributed by atoms with Crippen molar-refractivity contribution in [3.8, 4) is 0 Å². The zero-order valence-electron chi connectivity index (χ0n) is 12.4. The summed E-state index contributed by atoms with van der Waals surface area (Å²) in [5.41, 5.74) is 1.80. The molecule has 1 amide bonds. The molecule has 7 nitrogen and oxygen atoms in total. The maximum atomic E-state index is 12.1. The molecular formula is C15H16N6OS. The van der Waals surface area contributed by atoms with Crippen molar-refractivity contribution in [1.29, 1.82) is 0 Å². The van der Waals surface area contributed by atoms with Gasteiger partial charge in [0.2, 0.25) is 5.91 Å². The number of anilines is 1. The Balaban J connectivity index is 1.37. The van der Waals surface area contributed by atoms with Crippen molar-refractivity contribution >= 4 is 28.7 Å². The largest absolute Gasteiger partial charge is 0.353 e. The molecule has 118 valence electrons. The van der Waals surface area contributed by atoms with E-state index in [9.17, 15) is 4.79 Å². The summed E-state index contributed by atoms with van der Waals surface area (Å²) >= 11 is 1.61. The van der Waals surface area contributed by atoms with Crippen molar-refractivity contribution in [2.24, 2.45) is 0 Å². The van der Waals surface area contributed by atoms with E-state index >= 15 is 0 Å². The van der Waals surface area contributed by atoms with Crippen LogP contribution in [-0.2, 0) is 11.2 Å². The zero-order valence-corrected chi connectivity index (χ0v) is 13.2. The van der Waals surface area contributed by atoms with E-state index in [1.165, 1.54) is 0 Å². The van der Waals surface area contributed by atoms with Gasteiger partial charge in [0.25, 0.3) is 0 Å². The average Bonchev–Trinajstić information content (AvgIpc) is 3.27. The second-order valence-corrected chi connectivity index (χ2v) is 6.41. The van der Waals surface area contributed by atoms with E-state index in [1.807, 2.05) is 29.0 Å².